The fraction of sp³-hybridized carbons (Fsp3) is 0.562. The first-order valence-corrected chi connectivity index (χ1v) is 8.33. The average molecular weight is 307 g/mol. The van der Waals surface area contributed by atoms with Crippen molar-refractivity contribution in [2.24, 2.45) is 10.9 Å². The minimum atomic E-state index is 0.164. The summed E-state index contributed by atoms with van der Waals surface area (Å²) < 4.78 is 0.389. The van der Waals surface area contributed by atoms with Crippen LogP contribution in [0.5, 0.6) is 0 Å². The van der Waals surface area contributed by atoms with Gasteiger partial charge in [-0.2, -0.15) is 11.8 Å². The molecule has 4 nitrogen and oxygen atoms in total. The molecule has 1 heterocycles. The van der Waals surface area contributed by atoms with Gasteiger partial charge in [-0.15, -0.1) is 0 Å². The van der Waals surface area contributed by atoms with Crippen LogP contribution in [0.15, 0.2) is 23.4 Å². The van der Waals surface area contributed by atoms with Crippen LogP contribution in [0.25, 0.3) is 0 Å². The van der Waals surface area contributed by atoms with E-state index >= 15 is 0 Å². The van der Waals surface area contributed by atoms with Crippen LogP contribution in [-0.4, -0.2) is 39.5 Å². The number of thioether (sulfide) groups is 1. The van der Waals surface area contributed by atoms with Gasteiger partial charge in [-0.3, -0.25) is 4.90 Å². The van der Waals surface area contributed by atoms with Crippen LogP contribution >= 0.6 is 11.8 Å². The number of nitrogens with two attached hydrogens (primary N) is 1. The molecule has 3 N–H and O–H groups in total. The van der Waals surface area contributed by atoms with Gasteiger partial charge in [0.25, 0.3) is 0 Å². The summed E-state index contributed by atoms with van der Waals surface area (Å²) in [6.45, 7) is 9.99. The summed E-state index contributed by atoms with van der Waals surface area (Å²) in [5.74, 6) is 1.35. The second-order valence-electron chi connectivity index (χ2n) is 6.26. The molecule has 116 valence electrons. The normalized spacial score (nSPS) is 20.2. The first-order valence-electron chi connectivity index (χ1n) is 7.35. The van der Waals surface area contributed by atoms with E-state index in [0.29, 0.717) is 4.75 Å². The summed E-state index contributed by atoms with van der Waals surface area (Å²) in [6.07, 6.45) is 1.22. The highest BCUT2D eigenvalue weighted by Crippen LogP contribution is 2.31. The highest BCUT2D eigenvalue weighted by atomic mass is 32.2. The Hall–Kier alpha value is -1.20. The maximum Gasteiger partial charge on any atom is 0.170 e. The van der Waals surface area contributed by atoms with Gasteiger partial charge in [0, 0.05) is 29.2 Å². The van der Waals surface area contributed by atoms with Crippen molar-refractivity contribution in [2.45, 2.75) is 38.5 Å². The summed E-state index contributed by atoms with van der Waals surface area (Å²) in [4.78, 5) is 2.52. The van der Waals surface area contributed by atoms with Crippen LogP contribution in [0.3, 0.4) is 0 Å². The number of rotatable bonds is 3. The quantitative estimate of drug-likeness (QED) is 0.390. The summed E-state index contributed by atoms with van der Waals surface area (Å²) in [6, 6.07) is 6.00. The third-order valence-electron chi connectivity index (χ3n) is 4.07. The lowest BCUT2D eigenvalue weighted by Crippen LogP contribution is -2.27. The Morgan fingerprint density at radius 2 is 2.19 bits per heavy atom. The highest BCUT2D eigenvalue weighted by Gasteiger charge is 2.23. The van der Waals surface area contributed by atoms with Crippen molar-refractivity contribution in [1.29, 1.82) is 0 Å². The second-order valence-corrected chi connectivity index (χ2v) is 8.06. The van der Waals surface area contributed by atoms with Crippen molar-refractivity contribution in [3.05, 3.63) is 34.9 Å². The Labute approximate surface area is 131 Å². The van der Waals surface area contributed by atoms with Crippen molar-refractivity contribution in [2.75, 3.05) is 18.8 Å². The van der Waals surface area contributed by atoms with Crippen molar-refractivity contribution in [1.82, 2.24) is 4.90 Å². The molecule has 2 rings (SSSR count). The van der Waals surface area contributed by atoms with Crippen molar-refractivity contribution < 1.29 is 5.21 Å². The van der Waals surface area contributed by atoms with E-state index in [9.17, 15) is 0 Å². The number of oxime groups is 1. The predicted octanol–water partition coefficient (Wildman–Crippen LogP) is 2.81. The number of benzene rings is 1. The lowest BCUT2D eigenvalue weighted by atomic mass is 10.0. The van der Waals surface area contributed by atoms with E-state index in [1.54, 1.807) is 0 Å². The fourth-order valence-corrected chi connectivity index (χ4v) is 3.69. The number of nitrogens with zero attached hydrogens (tertiary/aromatic N) is 2. The molecule has 1 saturated heterocycles. The molecule has 1 aromatic carbocycles. The maximum atomic E-state index is 8.74. The largest absolute Gasteiger partial charge is 0.409 e. The summed E-state index contributed by atoms with van der Waals surface area (Å²) >= 11 is 2.07. The van der Waals surface area contributed by atoms with E-state index in [0.717, 1.165) is 25.2 Å². The third-order valence-corrected chi connectivity index (χ3v) is 5.44. The zero-order valence-corrected chi connectivity index (χ0v) is 13.9. The van der Waals surface area contributed by atoms with Gasteiger partial charge >= 0.3 is 0 Å². The van der Waals surface area contributed by atoms with E-state index in [2.05, 4.69) is 48.7 Å². The first-order chi connectivity index (χ1) is 9.91. The summed E-state index contributed by atoms with van der Waals surface area (Å²) in [5.41, 5.74) is 8.91. The van der Waals surface area contributed by atoms with Gasteiger partial charge in [-0.25, -0.2) is 0 Å². The molecule has 0 aliphatic carbocycles. The van der Waals surface area contributed by atoms with Crippen LogP contribution in [0.1, 0.15) is 37.0 Å². The molecule has 0 radical (unpaired) electrons. The van der Waals surface area contributed by atoms with Crippen LogP contribution in [0.2, 0.25) is 0 Å². The molecule has 5 heteroatoms. The van der Waals surface area contributed by atoms with Gasteiger partial charge in [0.05, 0.1) is 0 Å². The molecule has 0 bridgehead atoms. The number of hydrogen-bond acceptors (Lipinski definition) is 4. The molecule has 0 aromatic heterocycles. The van der Waals surface area contributed by atoms with E-state index < -0.39 is 0 Å². The lowest BCUT2D eigenvalue weighted by Gasteiger charge is -2.23. The predicted molar refractivity (Wildman–Crippen MR) is 90.1 cm³/mol. The Morgan fingerprint density at radius 3 is 2.86 bits per heavy atom. The summed E-state index contributed by atoms with van der Waals surface area (Å²) in [7, 11) is 0. The molecule has 1 aliphatic heterocycles. The van der Waals surface area contributed by atoms with Gasteiger partial charge in [-0.1, -0.05) is 31.1 Å². The number of hydrogen-bond donors (Lipinski definition) is 2. The Balaban J connectivity index is 2.06. The van der Waals surface area contributed by atoms with Crippen molar-refractivity contribution in [3.63, 3.8) is 0 Å². The molecule has 0 amide bonds. The molecular formula is C16H25N3OS. The molecular weight excluding hydrogens is 282 g/mol. The summed E-state index contributed by atoms with van der Waals surface area (Å²) in [5, 5.41) is 11.8. The monoisotopic (exact) mass is 307 g/mol. The van der Waals surface area contributed by atoms with Gasteiger partial charge in [0.2, 0.25) is 0 Å². The SMILES string of the molecule is Cc1cc(/C(N)=N/O)ccc1CN1CCSC(C)(C)CC1. The maximum absolute atomic E-state index is 8.74. The van der Waals surface area contributed by atoms with E-state index in [1.807, 2.05) is 12.1 Å². The fourth-order valence-electron chi connectivity index (χ4n) is 2.55. The molecule has 1 fully saturated rings. The molecule has 1 aromatic rings. The minimum absolute atomic E-state index is 0.164. The van der Waals surface area contributed by atoms with Crippen LogP contribution in [0, 0.1) is 6.92 Å². The number of aryl methyl sites for hydroxylation is 1. The zero-order valence-electron chi connectivity index (χ0n) is 13.1. The van der Waals surface area contributed by atoms with Gasteiger partial charge in [0.15, 0.2) is 5.84 Å². The van der Waals surface area contributed by atoms with Gasteiger partial charge in [-0.05, 0) is 37.1 Å². The minimum Gasteiger partial charge on any atom is -0.409 e. The van der Waals surface area contributed by atoms with Gasteiger partial charge in [0.1, 0.15) is 0 Å². The average Bonchev–Trinajstić information content (AvgIpc) is 2.61. The van der Waals surface area contributed by atoms with E-state index in [4.69, 9.17) is 10.9 Å². The van der Waals surface area contributed by atoms with Crippen molar-refractivity contribution in [3.8, 4) is 0 Å². The Bertz CT molecular complexity index is 528. The Kier molecular flexibility index (Phi) is 5.17. The van der Waals surface area contributed by atoms with E-state index in [1.165, 1.54) is 23.3 Å². The highest BCUT2D eigenvalue weighted by molar-refractivity contribution is 8.00. The third kappa shape index (κ3) is 4.38. The van der Waals surface area contributed by atoms with E-state index in [-0.39, 0.29) is 5.84 Å². The molecule has 0 atom stereocenters. The van der Waals surface area contributed by atoms with Crippen LogP contribution < -0.4 is 5.73 Å². The topological polar surface area (TPSA) is 61.9 Å². The van der Waals surface area contributed by atoms with Crippen LogP contribution in [-0.2, 0) is 6.54 Å². The molecule has 0 saturated carbocycles. The second kappa shape index (κ2) is 6.71. The standard InChI is InChI=1S/C16H25N3OS/c1-12-10-13(15(17)18-20)4-5-14(12)11-19-7-6-16(2,3)21-9-8-19/h4-5,10,20H,6-9,11H2,1-3H3,(H2,17,18). The van der Waals surface area contributed by atoms with Crippen LogP contribution in [0.4, 0.5) is 0 Å². The zero-order chi connectivity index (χ0) is 15.5. The number of amidine groups is 1. The smallest absolute Gasteiger partial charge is 0.170 e. The first kappa shape index (κ1) is 16.2. The molecule has 0 unspecified atom stereocenters. The lowest BCUT2D eigenvalue weighted by molar-refractivity contribution is 0.276. The molecule has 21 heavy (non-hydrogen) atoms. The van der Waals surface area contributed by atoms with Crippen molar-refractivity contribution >= 4 is 17.6 Å². The Morgan fingerprint density at radius 1 is 1.43 bits per heavy atom. The molecule has 1 aliphatic rings. The van der Waals surface area contributed by atoms with Gasteiger partial charge < -0.3 is 10.9 Å². The molecule has 0 spiro atoms.